The Morgan fingerprint density at radius 1 is 1.14 bits per heavy atom. The lowest BCUT2D eigenvalue weighted by molar-refractivity contribution is -0.147. The van der Waals surface area contributed by atoms with Crippen LogP contribution >= 0.6 is 11.3 Å². The van der Waals surface area contributed by atoms with Gasteiger partial charge >= 0.3 is 0 Å². The molecule has 1 fully saturated rings. The van der Waals surface area contributed by atoms with Crippen LogP contribution in [0.1, 0.15) is 24.0 Å². The molecule has 11 heteroatoms. The molecule has 0 bridgehead atoms. The number of aliphatic hydroxyl groups is 3. The number of hydrogen-bond donors (Lipinski definition) is 6. The zero-order valence-electron chi connectivity index (χ0n) is 19.4. The largest absolute Gasteiger partial charge is 0.508 e. The molecule has 0 saturated heterocycles. The van der Waals surface area contributed by atoms with Crippen molar-refractivity contribution in [2.24, 2.45) is 17.6 Å². The Kier molecular flexibility index (Phi) is 5.20. The van der Waals surface area contributed by atoms with Crippen molar-refractivity contribution in [3.8, 4) is 21.3 Å². The van der Waals surface area contributed by atoms with Crippen LogP contribution in [0, 0.1) is 11.8 Å². The second-order valence-electron chi connectivity index (χ2n) is 9.58. The summed E-state index contributed by atoms with van der Waals surface area (Å²) in [5, 5.41) is 54.5. The second-order valence-corrected chi connectivity index (χ2v) is 10.6. The highest BCUT2D eigenvalue weighted by molar-refractivity contribution is 7.17. The molecule has 1 aromatic heterocycles. The Morgan fingerprint density at radius 3 is 2.42 bits per heavy atom. The fraction of sp³-hybridized carbons (Fsp3) is 0.320. The fourth-order valence-corrected chi connectivity index (χ4v) is 6.49. The van der Waals surface area contributed by atoms with Gasteiger partial charge in [-0.3, -0.25) is 14.4 Å². The summed E-state index contributed by atoms with van der Waals surface area (Å²) in [5.74, 6) is -6.65. The van der Waals surface area contributed by atoms with Crippen molar-refractivity contribution < 1.29 is 39.9 Å². The van der Waals surface area contributed by atoms with Crippen molar-refractivity contribution in [2.45, 2.75) is 24.9 Å². The van der Waals surface area contributed by atoms with Crippen LogP contribution in [0.4, 0.5) is 5.69 Å². The molecule has 1 aromatic carbocycles. The number of rotatable bonds is 3. The van der Waals surface area contributed by atoms with E-state index < -0.39 is 52.0 Å². The molecule has 3 aliphatic rings. The highest BCUT2D eigenvalue weighted by Gasteiger charge is 2.60. The summed E-state index contributed by atoms with van der Waals surface area (Å²) in [4.78, 5) is 40.2. The predicted octanol–water partition coefficient (Wildman–Crippen LogP) is 1.92. The number of nitrogens with zero attached hydrogens (tertiary/aromatic N) is 1. The lowest BCUT2D eigenvalue weighted by Crippen LogP contribution is -2.58. The number of aliphatic hydroxyl groups excluding tert-OH is 2. The maximum Gasteiger partial charge on any atom is 0.255 e. The first-order valence-corrected chi connectivity index (χ1v) is 12.0. The molecule has 188 valence electrons. The second kappa shape index (κ2) is 7.84. The average molecular weight is 513 g/mol. The summed E-state index contributed by atoms with van der Waals surface area (Å²) < 4.78 is 0. The first kappa shape index (κ1) is 23.9. The highest BCUT2D eigenvalue weighted by atomic mass is 32.1. The van der Waals surface area contributed by atoms with E-state index in [1.165, 1.54) is 6.07 Å². The van der Waals surface area contributed by atoms with Gasteiger partial charge in [0.05, 0.1) is 5.56 Å². The molecular formula is C25H24N2O8S. The van der Waals surface area contributed by atoms with Crippen LogP contribution in [-0.4, -0.2) is 62.7 Å². The Morgan fingerprint density at radius 2 is 1.83 bits per heavy atom. The van der Waals surface area contributed by atoms with Crippen molar-refractivity contribution in [1.29, 1.82) is 0 Å². The number of aromatic hydroxyl groups is 2. The van der Waals surface area contributed by atoms with Crippen LogP contribution in [0.2, 0.25) is 0 Å². The number of primary amides is 1. The van der Waals surface area contributed by atoms with Crippen LogP contribution in [0.15, 0.2) is 35.1 Å². The zero-order valence-corrected chi connectivity index (χ0v) is 20.2. The molecule has 7 N–H and O–H groups in total. The summed E-state index contributed by atoms with van der Waals surface area (Å²) in [6, 6.07) is 4.82. The molecule has 1 amide bonds. The van der Waals surface area contributed by atoms with Crippen molar-refractivity contribution in [3.63, 3.8) is 0 Å². The lowest BCUT2D eigenvalue weighted by atomic mass is 9.59. The Bertz CT molecular complexity index is 1440. The van der Waals surface area contributed by atoms with Gasteiger partial charge in [0.2, 0.25) is 5.78 Å². The number of carbonyl (C=O) groups is 3. The lowest BCUT2D eigenvalue weighted by Gasteiger charge is -2.46. The van der Waals surface area contributed by atoms with E-state index in [1.54, 1.807) is 31.1 Å². The van der Waals surface area contributed by atoms with Crippen LogP contribution in [0.25, 0.3) is 16.2 Å². The van der Waals surface area contributed by atoms with Crippen molar-refractivity contribution >= 4 is 40.3 Å². The first-order chi connectivity index (χ1) is 16.9. The van der Waals surface area contributed by atoms with Gasteiger partial charge in [-0.25, -0.2) is 0 Å². The molecule has 2 aromatic rings. The fourth-order valence-electron chi connectivity index (χ4n) is 5.73. The molecule has 0 unspecified atom stereocenters. The number of anilines is 1. The molecule has 0 spiro atoms. The van der Waals surface area contributed by atoms with Gasteiger partial charge in [-0.1, -0.05) is 11.3 Å². The summed E-state index contributed by atoms with van der Waals surface area (Å²) in [7, 11) is 3.58. The van der Waals surface area contributed by atoms with Gasteiger partial charge in [-0.2, -0.15) is 0 Å². The average Bonchev–Trinajstić information content (AvgIpc) is 3.21. The monoisotopic (exact) mass is 512 g/mol. The molecule has 36 heavy (non-hydrogen) atoms. The Hall–Kier alpha value is -3.83. The number of nitrogens with two attached hydrogens (primary N) is 1. The minimum Gasteiger partial charge on any atom is -0.508 e. The third kappa shape index (κ3) is 3.09. The normalized spacial score (nSPS) is 25.4. The molecule has 0 radical (unpaired) electrons. The quantitative estimate of drug-likeness (QED) is 0.335. The van der Waals surface area contributed by atoms with Crippen LogP contribution in [0.5, 0.6) is 10.8 Å². The zero-order chi connectivity index (χ0) is 26.3. The number of Topliss-reactive ketones (excluding diaryl/α,β-unsaturated/α-hetero) is 2. The van der Waals surface area contributed by atoms with E-state index in [9.17, 15) is 39.9 Å². The maximum absolute atomic E-state index is 13.7. The third-order valence-electron chi connectivity index (χ3n) is 7.38. The molecule has 3 atom stereocenters. The minimum atomic E-state index is -2.60. The summed E-state index contributed by atoms with van der Waals surface area (Å²) in [6.45, 7) is 0. The van der Waals surface area contributed by atoms with Gasteiger partial charge in [-0.05, 0) is 42.5 Å². The van der Waals surface area contributed by atoms with Gasteiger partial charge < -0.3 is 36.2 Å². The summed E-state index contributed by atoms with van der Waals surface area (Å²) >= 11 is 1.03. The number of thiophene rings is 1. The van der Waals surface area contributed by atoms with Crippen LogP contribution < -0.4 is 10.6 Å². The number of hydrogen-bond acceptors (Lipinski definition) is 10. The van der Waals surface area contributed by atoms with Gasteiger partial charge in [0.15, 0.2) is 16.4 Å². The van der Waals surface area contributed by atoms with E-state index in [4.69, 9.17) is 5.73 Å². The molecule has 10 nitrogen and oxygen atoms in total. The number of fused-ring (bicyclic) bond motifs is 3. The number of ketones is 2. The summed E-state index contributed by atoms with van der Waals surface area (Å²) in [5.41, 5.74) is 3.18. The van der Waals surface area contributed by atoms with Gasteiger partial charge in [0.1, 0.15) is 22.8 Å². The first-order valence-electron chi connectivity index (χ1n) is 11.2. The molecule has 3 aliphatic carbocycles. The molecule has 5 rings (SSSR count). The Labute approximate surface area is 209 Å². The van der Waals surface area contributed by atoms with E-state index in [-0.39, 0.29) is 41.2 Å². The number of phenolic OH excluding ortho intramolecular Hbond substituents is 1. The molecular weight excluding hydrogens is 488 g/mol. The predicted molar refractivity (Wildman–Crippen MR) is 131 cm³/mol. The number of carbonyl (C=O) groups excluding carboxylic acids is 3. The van der Waals surface area contributed by atoms with Gasteiger partial charge in [0, 0.05) is 48.1 Å². The number of amides is 1. The SMILES string of the molecule is CN(C)c1cc(-c2ccc(O)s2)c(O)c2c1C[C@H]1C[C@H]3CC(=O)C(C(N)=O)=C(O)[C@@]3(O)C(=O)C1=C2O. The van der Waals surface area contributed by atoms with Gasteiger partial charge in [0.25, 0.3) is 5.91 Å². The van der Waals surface area contributed by atoms with E-state index in [1.807, 2.05) is 0 Å². The van der Waals surface area contributed by atoms with Crippen LogP contribution in [-0.2, 0) is 20.8 Å². The van der Waals surface area contributed by atoms with E-state index in [0.717, 1.165) is 11.3 Å². The highest BCUT2D eigenvalue weighted by Crippen LogP contribution is 2.54. The van der Waals surface area contributed by atoms with E-state index in [0.29, 0.717) is 21.7 Å². The van der Waals surface area contributed by atoms with Crippen LogP contribution in [0.3, 0.4) is 0 Å². The van der Waals surface area contributed by atoms with Gasteiger partial charge in [-0.15, -0.1) is 0 Å². The van der Waals surface area contributed by atoms with E-state index >= 15 is 0 Å². The molecule has 0 aliphatic heterocycles. The van der Waals surface area contributed by atoms with Crippen molar-refractivity contribution in [2.75, 3.05) is 19.0 Å². The summed E-state index contributed by atoms with van der Waals surface area (Å²) in [6.07, 6.45) is -0.0862. The smallest absolute Gasteiger partial charge is 0.255 e. The van der Waals surface area contributed by atoms with E-state index in [2.05, 4.69) is 0 Å². The number of phenols is 1. The Balaban J connectivity index is 1.75. The third-order valence-corrected chi connectivity index (χ3v) is 8.30. The van der Waals surface area contributed by atoms with Crippen molar-refractivity contribution in [3.05, 3.63) is 46.2 Å². The minimum absolute atomic E-state index is 0.0104. The molecule has 1 saturated carbocycles. The standard InChI is InChI=1S/C25H24N2O8S/c1-27(2)13-8-12(15-3-4-16(29)36-15)20(30)18-11(13)6-9-5-10-7-14(28)19(24(26)34)23(33)25(10,35)22(32)17(9)21(18)31/h3-4,8-10,29-31,33,35H,5-7H2,1-2H3,(H2,26,34)/t9-,10+,25+/m1/s1. The molecule has 1 heterocycles. The number of benzene rings is 1. The van der Waals surface area contributed by atoms with Crippen molar-refractivity contribution in [1.82, 2.24) is 0 Å². The maximum atomic E-state index is 13.7. The topological polar surface area (TPSA) is 182 Å².